The molecule has 0 fully saturated rings. The Hall–Kier alpha value is -2.33. The Morgan fingerprint density at radius 3 is 2.71 bits per heavy atom. The van der Waals surface area contributed by atoms with Gasteiger partial charge >= 0.3 is 0 Å². The van der Waals surface area contributed by atoms with Crippen molar-refractivity contribution in [1.29, 1.82) is 0 Å². The van der Waals surface area contributed by atoms with Gasteiger partial charge in [-0.25, -0.2) is 0 Å². The van der Waals surface area contributed by atoms with Crippen molar-refractivity contribution >= 4 is 11.6 Å². The van der Waals surface area contributed by atoms with Gasteiger partial charge in [-0.1, -0.05) is 30.3 Å². The van der Waals surface area contributed by atoms with Crippen molar-refractivity contribution in [3.8, 4) is 5.75 Å². The number of para-hydroxylation sites is 1. The summed E-state index contributed by atoms with van der Waals surface area (Å²) in [5.41, 5.74) is 9.46. The standard InChI is InChI=1S/C17H20N2O2/c1-12-7-8-13(2)15(9-12)19-17(20)11-21-16-6-4-3-5-14(16)10-18/h3-9H,10-11,18H2,1-2H3,(H,19,20). The minimum absolute atomic E-state index is 0.0373. The van der Waals surface area contributed by atoms with E-state index in [9.17, 15) is 4.79 Å². The van der Waals surface area contributed by atoms with E-state index in [4.69, 9.17) is 10.5 Å². The summed E-state index contributed by atoms with van der Waals surface area (Å²) in [6.45, 7) is 4.29. The van der Waals surface area contributed by atoms with Gasteiger partial charge in [-0.2, -0.15) is 0 Å². The van der Waals surface area contributed by atoms with Crippen molar-refractivity contribution in [3.63, 3.8) is 0 Å². The van der Waals surface area contributed by atoms with Crippen LogP contribution in [0.5, 0.6) is 5.75 Å². The second kappa shape index (κ2) is 6.90. The van der Waals surface area contributed by atoms with Crippen LogP contribution < -0.4 is 15.8 Å². The Kier molecular flexibility index (Phi) is 4.95. The first kappa shape index (κ1) is 15.1. The van der Waals surface area contributed by atoms with E-state index in [0.29, 0.717) is 12.3 Å². The lowest BCUT2D eigenvalue weighted by Gasteiger charge is -2.12. The topological polar surface area (TPSA) is 64.3 Å². The summed E-state index contributed by atoms with van der Waals surface area (Å²) in [4.78, 5) is 12.0. The molecular formula is C17H20N2O2. The highest BCUT2D eigenvalue weighted by molar-refractivity contribution is 5.92. The van der Waals surface area contributed by atoms with Crippen LogP contribution in [0.3, 0.4) is 0 Å². The maximum Gasteiger partial charge on any atom is 0.262 e. The minimum Gasteiger partial charge on any atom is -0.483 e. The van der Waals surface area contributed by atoms with E-state index >= 15 is 0 Å². The van der Waals surface area contributed by atoms with E-state index in [1.54, 1.807) is 0 Å². The lowest BCUT2D eigenvalue weighted by atomic mass is 10.1. The Balaban J connectivity index is 1.97. The number of hydrogen-bond donors (Lipinski definition) is 2. The summed E-state index contributed by atoms with van der Waals surface area (Å²) in [6.07, 6.45) is 0. The van der Waals surface area contributed by atoms with Crippen LogP contribution in [-0.4, -0.2) is 12.5 Å². The molecule has 0 atom stereocenters. The van der Waals surface area contributed by atoms with Gasteiger partial charge in [0.25, 0.3) is 5.91 Å². The highest BCUT2D eigenvalue weighted by Gasteiger charge is 2.07. The summed E-state index contributed by atoms with van der Waals surface area (Å²) in [5, 5.41) is 2.86. The van der Waals surface area contributed by atoms with Crippen molar-refractivity contribution in [2.75, 3.05) is 11.9 Å². The Morgan fingerprint density at radius 1 is 1.19 bits per heavy atom. The van der Waals surface area contributed by atoms with Gasteiger partial charge in [-0.15, -0.1) is 0 Å². The van der Waals surface area contributed by atoms with Gasteiger partial charge in [-0.3, -0.25) is 4.79 Å². The zero-order chi connectivity index (χ0) is 15.2. The third-order valence-corrected chi connectivity index (χ3v) is 3.22. The van der Waals surface area contributed by atoms with Gasteiger partial charge in [0.1, 0.15) is 5.75 Å². The summed E-state index contributed by atoms with van der Waals surface area (Å²) in [7, 11) is 0. The molecular weight excluding hydrogens is 264 g/mol. The van der Waals surface area contributed by atoms with Crippen molar-refractivity contribution < 1.29 is 9.53 Å². The van der Waals surface area contributed by atoms with Gasteiger partial charge in [0, 0.05) is 17.8 Å². The Bertz CT molecular complexity index is 638. The molecule has 2 aromatic rings. The van der Waals surface area contributed by atoms with Gasteiger partial charge < -0.3 is 15.8 Å². The van der Waals surface area contributed by atoms with Gasteiger partial charge in [0.2, 0.25) is 0 Å². The summed E-state index contributed by atoms with van der Waals surface area (Å²) in [6, 6.07) is 13.4. The SMILES string of the molecule is Cc1ccc(C)c(NC(=O)COc2ccccc2CN)c1. The van der Waals surface area contributed by atoms with Crippen molar-refractivity contribution in [2.45, 2.75) is 20.4 Å². The average molecular weight is 284 g/mol. The molecule has 2 aromatic carbocycles. The molecule has 21 heavy (non-hydrogen) atoms. The highest BCUT2D eigenvalue weighted by Crippen LogP contribution is 2.18. The third kappa shape index (κ3) is 4.07. The zero-order valence-electron chi connectivity index (χ0n) is 12.3. The molecule has 2 rings (SSSR count). The number of aryl methyl sites for hydroxylation is 2. The molecule has 0 aliphatic heterocycles. The van der Waals surface area contributed by atoms with Crippen molar-refractivity contribution in [2.24, 2.45) is 5.73 Å². The van der Waals surface area contributed by atoms with E-state index in [0.717, 1.165) is 22.4 Å². The largest absolute Gasteiger partial charge is 0.483 e. The fourth-order valence-electron chi connectivity index (χ4n) is 2.01. The van der Waals surface area contributed by atoms with Crippen LogP contribution in [0, 0.1) is 13.8 Å². The second-order valence-electron chi connectivity index (χ2n) is 4.97. The van der Waals surface area contributed by atoms with E-state index in [1.165, 1.54) is 0 Å². The van der Waals surface area contributed by atoms with Crippen LogP contribution in [-0.2, 0) is 11.3 Å². The number of amides is 1. The maximum absolute atomic E-state index is 12.0. The average Bonchev–Trinajstić information content (AvgIpc) is 2.49. The number of carbonyl (C=O) groups excluding carboxylic acids is 1. The van der Waals surface area contributed by atoms with E-state index < -0.39 is 0 Å². The molecule has 0 aliphatic carbocycles. The molecule has 0 bridgehead atoms. The predicted octanol–water partition coefficient (Wildman–Crippen LogP) is 2.78. The zero-order valence-corrected chi connectivity index (χ0v) is 12.3. The molecule has 0 aliphatic rings. The van der Waals surface area contributed by atoms with E-state index in [-0.39, 0.29) is 12.5 Å². The highest BCUT2D eigenvalue weighted by atomic mass is 16.5. The Morgan fingerprint density at radius 2 is 1.95 bits per heavy atom. The number of benzene rings is 2. The van der Waals surface area contributed by atoms with Crippen molar-refractivity contribution in [1.82, 2.24) is 0 Å². The predicted molar refractivity (Wildman–Crippen MR) is 84.4 cm³/mol. The van der Waals surface area contributed by atoms with E-state index in [1.807, 2.05) is 56.3 Å². The maximum atomic E-state index is 12.0. The lowest BCUT2D eigenvalue weighted by molar-refractivity contribution is -0.118. The summed E-state index contributed by atoms with van der Waals surface area (Å²) < 4.78 is 5.54. The monoisotopic (exact) mass is 284 g/mol. The number of rotatable bonds is 5. The van der Waals surface area contributed by atoms with Crippen molar-refractivity contribution in [3.05, 3.63) is 59.2 Å². The molecule has 0 saturated carbocycles. The number of anilines is 1. The van der Waals surface area contributed by atoms with Gasteiger partial charge in [-0.05, 0) is 37.1 Å². The normalized spacial score (nSPS) is 10.2. The third-order valence-electron chi connectivity index (χ3n) is 3.22. The quantitative estimate of drug-likeness (QED) is 0.887. The molecule has 0 unspecified atom stereocenters. The molecule has 0 saturated heterocycles. The van der Waals surface area contributed by atoms with Crippen LogP contribution in [0.25, 0.3) is 0 Å². The summed E-state index contributed by atoms with van der Waals surface area (Å²) in [5.74, 6) is 0.464. The first-order valence-corrected chi connectivity index (χ1v) is 6.88. The van der Waals surface area contributed by atoms with Crippen LogP contribution in [0.1, 0.15) is 16.7 Å². The van der Waals surface area contributed by atoms with Gasteiger partial charge in [0.15, 0.2) is 6.61 Å². The molecule has 0 aromatic heterocycles. The molecule has 110 valence electrons. The molecule has 3 N–H and O–H groups in total. The second-order valence-corrected chi connectivity index (χ2v) is 4.97. The molecule has 0 spiro atoms. The smallest absolute Gasteiger partial charge is 0.262 e. The number of nitrogens with one attached hydrogen (secondary N) is 1. The van der Waals surface area contributed by atoms with Crippen LogP contribution >= 0.6 is 0 Å². The molecule has 4 heteroatoms. The minimum atomic E-state index is -0.185. The summed E-state index contributed by atoms with van der Waals surface area (Å²) >= 11 is 0. The lowest BCUT2D eigenvalue weighted by Crippen LogP contribution is -2.21. The molecule has 4 nitrogen and oxygen atoms in total. The number of carbonyl (C=O) groups is 1. The Labute approximate surface area is 124 Å². The number of hydrogen-bond acceptors (Lipinski definition) is 3. The van der Waals surface area contributed by atoms with Crippen LogP contribution in [0.4, 0.5) is 5.69 Å². The molecule has 0 radical (unpaired) electrons. The van der Waals surface area contributed by atoms with E-state index in [2.05, 4.69) is 5.32 Å². The number of ether oxygens (including phenoxy) is 1. The number of nitrogens with two attached hydrogens (primary N) is 1. The fourth-order valence-corrected chi connectivity index (χ4v) is 2.01. The van der Waals surface area contributed by atoms with Gasteiger partial charge in [0.05, 0.1) is 0 Å². The van der Waals surface area contributed by atoms with Crippen LogP contribution in [0.2, 0.25) is 0 Å². The van der Waals surface area contributed by atoms with Crippen LogP contribution in [0.15, 0.2) is 42.5 Å². The first-order valence-electron chi connectivity index (χ1n) is 6.88. The first-order chi connectivity index (χ1) is 10.1. The molecule has 0 heterocycles. The molecule has 1 amide bonds. The fraction of sp³-hybridized carbons (Fsp3) is 0.235.